The largest absolute Gasteiger partial charge is 0.385 e. The molecule has 3 rings (SSSR count). The molecule has 1 atom stereocenters. The van der Waals surface area contributed by atoms with Crippen molar-refractivity contribution in [2.45, 2.75) is 129 Å². The number of allylic oxidation sites excluding steroid dienone is 2. The Labute approximate surface area is 214 Å². The van der Waals surface area contributed by atoms with E-state index in [0.29, 0.717) is 0 Å². The van der Waals surface area contributed by atoms with Crippen LogP contribution in [0.2, 0.25) is 0 Å². The Kier molecular flexibility index (Phi) is 12.4. The maximum absolute atomic E-state index is 5.37. The van der Waals surface area contributed by atoms with Crippen LogP contribution in [0.15, 0.2) is 22.8 Å². The second-order valence-electron chi connectivity index (χ2n) is 11.0. The fourth-order valence-corrected chi connectivity index (χ4v) is 7.53. The number of rotatable bonds is 14. The first-order chi connectivity index (χ1) is 16.6. The lowest BCUT2D eigenvalue weighted by atomic mass is 9.83. The fraction of sp³-hybridized carbons (Fsp3) is 0.774. The molecule has 0 spiro atoms. The Balaban J connectivity index is 1.71. The molecule has 0 bridgehead atoms. The summed E-state index contributed by atoms with van der Waals surface area (Å²) in [5, 5.41) is 0. The molecule has 1 aromatic heterocycles. The van der Waals surface area contributed by atoms with Crippen LogP contribution >= 0.6 is 11.3 Å². The molecular weight excluding hydrogens is 434 g/mol. The first-order valence-electron chi connectivity index (χ1n) is 14.5. The van der Waals surface area contributed by atoms with E-state index in [9.17, 15) is 0 Å². The van der Waals surface area contributed by atoms with Gasteiger partial charge >= 0.3 is 0 Å². The van der Waals surface area contributed by atoms with Gasteiger partial charge < -0.3 is 4.74 Å². The number of hydrogen-bond donors (Lipinski definition) is 0. The minimum atomic E-state index is 0.789. The second-order valence-corrected chi connectivity index (χ2v) is 12.3. The molecule has 192 valence electrons. The first kappa shape index (κ1) is 27.7. The summed E-state index contributed by atoms with van der Waals surface area (Å²) in [6.07, 6.45) is 23.7. The number of methoxy groups -OCH3 is 1. The minimum Gasteiger partial charge on any atom is -0.385 e. The van der Waals surface area contributed by atoms with E-state index in [1.807, 2.05) is 7.11 Å². The van der Waals surface area contributed by atoms with Crippen LogP contribution in [0.5, 0.6) is 0 Å². The van der Waals surface area contributed by atoms with Gasteiger partial charge in [0.2, 0.25) is 0 Å². The van der Waals surface area contributed by atoms with E-state index in [-0.39, 0.29) is 0 Å². The summed E-state index contributed by atoms with van der Waals surface area (Å²) in [6.45, 7) is 7.69. The number of aliphatic imine (C=N–C) groups is 1. The van der Waals surface area contributed by atoms with Crippen molar-refractivity contribution in [2.75, 3.05) is 13.7 Å². The Morgan fingerprint density at radius 2 is 1.79 bits per heavy atom. The molecular formula is C31H51NOS. The van der Waals surface area contributed by atoms with Crippen molar-refractivity contribution in [1.82, 2.24) is 0 Å². The van der Waals surface area contributed by atoms with Crippen LogP contribution in [0.1, 0.15) is 138 Å². The summed E-state index contributed by atoms with van der Waals surface area (Å²) in [5.74, 6) is 2.61. The summed E-state index contributed by atoms with van der Waals surface area (Å²) in [4.78, 5) is 8.34. The first-order valence-corrected chi connectivity index (χ1v) is 15.3. The number of hydrogen-bond acceptors (Lipinski definition) is 3. The molecule has 0 aromatic carbocycles. The fourth-order valence-electron chi connectivity index (χ4n) is 6.31. The van der Waals surface area contributed by atoms with E-state index in [1.165, 1.54) is 112 Å². The van der Waals surface area contributed by atoms with Crippen LogP contribution in [-0.2, 0) is 4.74 Å². The normalized spacial score (nSPS) is 19.8. The van der Waals surface area contributed by atoms with Gasteiger partial charge in [-0.15, -0.1) is 11.3 Å². The molecule has 2 nitrogen and oxygen atoms in total. The minimum absolute atomic E-state index is 0.789. The lowest BCUT2D eigenvalue weighted by molar-refractivity contribution is 0.176. The summed E-state index contributed by atoms with van der Waals surface area (Å²) >= 11 is 2.05. The van der Waals surface area contributed by atoms with Crippen molar-refractivity contribution in [3.63, 3.8) is 0 Å². The number of unbranched alkanes of at least 4 members (excludes halogenated alkanes) is 1. The molecule has 1 aromatic rings. The Morgan fingerprint density at radius 1 is 1.09 bits per heavy atom. The van der Waals surface area contributed by atoms with Crippen molar-refractivity contribution in [3.8, 4) is 0 Å². The van der Waals surface area contributed by atoms with Crippen LogP contribution in [0.4, 0.5) is 0 Å². The highest BCUT2D eigenvalue weighted by Gasteiger charge is 2.25. The van der Waals surface area contributed by atoms with Crippen LogP contribution in [0, 0.1) is 18.8 Å². The summed E-state index contributed by atoms with van der Waals surface area (Å²) in [5.41, 5.74) is 4.00. The van der Waals surface area contributed by atoms with E-state index in [2.05, 4.69) is 44.3 Å². The summed E-state index contributed by atoms with van der Waals surface area (Å²) < 4.78 is 5.37. The van der Waals surface area contributed by atoms with E-state index in [4.69, 9.17) is 9.73 Å². The molecule has 0 aliphatic heterocycles. The predicted octanol–water partition coefficient (Wildman–Crippen LogP) is 10.0. The standard InChI is InChI=1S/C31H51NOS/c1-5-6-14-24(2)32-30(29-23-31(34-25(29)3)28-17-8-7-9-18-28)21-12-19-27(20-13-22-33-4)26-15-10-11-16-26/h14,23,26-28H,5-13,15-22H2,1-4H3/b24-14+,32-30-. The monoisotopic (exact) mass is 485 g/mol. The lowest BCUT2D eigenvalue weighted by Crippen LogP contribution is -2.14. The zero-order valence-corrected chi connectivity index (χ0v) is 23.5. The lowest BCUT2D eigenvalue weighted by Gasteiger charge is -2.23. The van der Waals surface area contributed by atoms with Gasteiger partial charge in [-0.25, -0.2) is 0 Å². The molecule has 1 heterocycles. The van der Waals surface area contributed by atoms with Crippen molar-refractivity contribution < 1.29 is 4.74 Å². The maximum atomic E-state index is 5.37. The Morgan fingerprint density at radius 3 is 2.50 bits per heavy atom. The molecule has 2 aliphatic rings. The molecule has 0 radical (unpaired) electrons. The smallest absolute Gasteiger partial charge is 0.0490 e. The predicted molar refractivity (Wildman–Crippen MR) is 150 cm³/mol. The van der Waals surface area contributed by atoms with Crippen molar-refractivity contribution in [1.29, 1.82) is 0 Å². The third kappa shape index (κ3) is 8.63. The van der Waals surface area contributed by atoms with Gasteiger partial charge in [0, 0.05) is 40.4 Å². The van der Waals surface area contributed by atoms with Crippen LogP contribution in [-0.4, -0.2) is 19.4 Å². The molecule has 2 aliphatic carbocycles. The van der Waals surface area contributed by atoms with Crippen molar-refractivity contribution >= 4 is 17.0 Å². The van der Waals surface area contributed by atoms with Crippen LogP contribution < -0.4 is 0 Å². The summed E-state index contributed by atoms with van der Waals surface area (Å²) in [6, 6.07) is 2.54. The van der Waals surface area contributed by atoms with E-state index < -0.39 is 0 Å². The highest BCUT2D eigenvalue weighted by molar-refractivity contribution is 7.12. The van der Waals surface area contributed by atoms with Gasteiger partial charge in [-0.05, 0) is 89.0 Å². The zero-order chi connectivity index (χ0) is 24.2. The molecule has 0 N–H and O–H groups in total. The highest BCUT2D eigenvalue weighted by Crippen LogP contribution is 2.39. The van der Waals surface area contributed by atoms with Crippen LogP contribution in [0.3, 0.4) is 0 Å². The van der Waals surface area contributed by atoms with Gasteiger partial charge in [0.05, 0.1) is 0 Å². The number of nitrogens with zero attached hydrogens (tertiary/aromatic N) is 1. The van der Waals surface area contributed by atoms with Gasteiger partial charge in [-0.3, -0.25) is 4.99 Å². The van der Waals surface area contributed by atoms with E-state index >= 15 is 0 Å². The molecule has 0 amide bonds. The van der Waals surface area contributed by atoms with Crippen LogP contribution in [0.25, 0.3) is 0 Å². The van der Waals surface area contributed by atoms with Gasteiger partial charge in [0.1, 0.15) is 0 Å². The number of aryl methyl sites for hydroxylation is 1. The maximum Gasteiger partial charge on any atom is 0.0490 e. The molecule has 2 saturated carbocycles. The number of thiophene rings is 1. The highest BCUT2D eigenvalue weighted by atomic mass is 32.1. The SMILES string of the molecule is CCC/C=C(C)/N=C(/CCCC(CCCOC)C1CCCC1)c1cc(C2CCCCC2)sc1C. The molecule has 1 unspecified atom stereocenters. The van der Waals surface area contributed by atoms with Gasteiger partial charge in [-0.2, -0.15) is 0 Å². The Bertz CT molecular complexity index is 764. The average Bonchev–Trinajstić information content (AvgIpc) is 3.52. The number of ether oxygens (including phenoxy) is 1. The zero-order valence-electron chi connectivity index (χ0n) is 22.7. The topological polar surface area (TPSA) is 21.6 Å². The van der Waals surface area contributed by atoms with E-state index in [0.717, 1.165) is 37.2 Å². The second kappa shape index (κ2) is 15.2. The summed E-state index contributed by atoms with van der Waals surface area (Å²) in [7, 11) is 1.84. The quantitative estimate of drug-likeness (QED) is 0.190. The van der Waals surface area contributed by atoms with Crippen molar-refractivity contribution in [3.05, 3.63) is 33.2 Å². The molecule has 2 fully saturated rings. The van der Waals surface area contributed by atoms with Gasteiger partial charge in [0.15, 0.2) is 0 Å². The van der Waals surface area contributed by atoms with Gasteiger partial charge in [-0.1, -0.05) is 64.4 Å². The third-order valence-corrected chi connectivity index (χ3v) is 9.49. The van der Waals surface area contributed by atoms with Crippen molar-refractivity contribution in [2.24, 2.45) is 16.8 Å². The Hall–Kier alpha value is -0.930. The van der Waals surface area contributed by atoms with E-state index in [1.54, 1.807) is 4.88 Å². The van der Waals surface area contributed by atoms with Gasteiger partial charge in [0.25, 0.3) is 0 Å². The average molecular weight is 486 g/mol. The molecule has 3 heteroatoms. The molecule has 34 heavy (non-hydrogen) atoms. The third-order valence-electron chi connectivity index (χ3n) is 8.27. The molecule has 0 saturated heterocycles.